The Hall–Kier alpha value is -4.13. The van der Waals surface area contributed by atoms with Crippen molar-refractivity contribution >= 4 is 22.4 Å². The van der Waals surface area contributed by atoms with E-state index < -0.39 is 5.41 Å². The molecule has 0 nitrogen and oxygen atoms in total. The van der Waals surface area contributed by atoms with Crippen molar-refractivity contribution in [3.63, 3.8) is 0 Å². The van der Waals surface area contributed by atoms with Gasteiger partial charge in [0.15, 0.2) is 0 Å². The molecule has 0 saturated heterocycles. The molecule has 0 radical (unpaired) electrons. The van der Waals surface area contributed by atoms with Gasteiger partial charge in [-0.3, -0.25) is 0 Å². The van der Waals surface area contributed by atoms with E-state index in [2.05, 4.69) is 133 Å². The van der Waals surface area contributed by atoms with Crippen molar-refractivity contribution in [2.24, 2.45) is 0 Å². The molecule has 0 aromatic heterocycles. The molecule has 0 heterocycles. The minimum Gasteiger partial charge on any atom is -0.0843 e. The molecule has 1 unspecified atom stereocenters. The van der Waals surface area contributed by atoms with E-state index in [1.807, 2.05) is 6.07 Å². The predicted octanol–water partition coefficient (Wildman–Crippen LogP) is 9.52. The van der Waals surface area contributed by atoms with Crippen LogP contribution in [0.1, 0.15) is 22.3 Å². The zero-order chi connectivity index (χ0) is 24.1. The Morgan fingerprint density at radius 3 is 2.00 bits per heavy atom. The van der Waals surface area contributed by atoms with Crippen LogP contribution in [0.25, 0.3) is 33.0 Å². The molecule has 1 aliphatic rings. The quantitative estimate of drug-likeness (QED) is 0.237. The van der Waals surface area contributed by atoms with Crippen molar-refractivity contribution in [3.8, 4) is 22.3 Å². The van der Waals surface area contributed by atoms with Crippen LogP contribution in [0.2, 0.25) is 5.02 Å². The largest absolute Gasteiger partial charge is 0.0843 e. The third-order valence-corrected chi connectivity index (χ3v) is 7.84. The molecule has 6 aromatic carbocycles. The summed E-state index contributed by atoms with van der Waals surface area (Å²) in [5.74, 6) is 0. The highest BCUT2D eigenvalue weighted by Gasteiger charge is 2.46. The fraction of sp³-hybridized carbons (Fsp3) is 0.0286. The molecule has 0 amide bonds. The summed E-state index contributed by atoms with van der Waals surface area (Å²) in [6.45, 7) is 0. The average Bonchev–Trinajstić information content (AvgIpc) is 3.24. The molecule has 1 aliphatic carbocycles. The van der Waals surface area contributed by atoms with Gasteiger partial charge in [0.2, 0.25) is 0 Å². The zero-order valence-corrected chi connectivity index (χ0v) is 20.4. The first kappa shape index (κ1) is 21.2. The Morgan fingerprint density at radius 2 is 1.11 bits per heavy atom. The van der Waals surface area contributed by atoms with Crippen molar-refractivity contribution in [2.45, 2.75) is 5.41 Å². The van der Waals surface area contributed by atoms with Crippen LogP contribution in [0.15, 0.2) is 140 Å². The maximum absolute atomic E-state index is 6.59. The summed E-state index contributed by atoms with van der Waals surface area (Å²) >= 11 is 6.59. The van der Waals surface area contributed by atoms with Crippen LogP contribution in [0.4, 0.5) is 0 Å². The summed E-state index contributed by atoms with van der Waals surface area (Å²) in [7, 11) is 0. The van der Waals surface area contributed by atoms with Gasteiger partial charge in [-0.2, -0.15) is 0 Å². The van der Waals surface area contributed by atoms with Crippen LogP contribution in [-0.4, -0.2) is 0 Å². The van der Waals surface area contributed by atoms with E-state index >= 15 is 0 Å². The van der Waals surface area contributed by atoms with E-state index in [9.17, 15) is 0 Å². The number of hydrogen-bond donors (Lipinski definition) is 0. The molecule has 6 aromatic rings. The highest BCUT2D eigenvalue weighted by Crippen LogP contribution is 2.56. The zero-order valence-electron chi connectivity index (χ0n) is 19.7. The van der Waals surface area contributed by atoms with Crippen LogP contribution in [0, 0.1) is 0 Å². The maximum Gasteiger partial charge on any atom is 0.0714 e. The normalized spacial score (nSPS) is 16.0. The number of rotatable bonds is 3. The number of benzene rings is 6. The molecule has 0 fully saturated rings. The topological polar surface area (TPSA) is 0 Å². The average molecular weight is 479 g/mol. The fourth-order valence-electron chi connectivity index (χ4n) is 6.13. The Balaban J connectivity index is 1.57. The van der Waals surface area contributed by atoms with Crippen molar-refractivity contribution in [3.05, 3.63) is 167 Å². The highest BCUT2D eigenvalue weighted by molar-refractivity contribution is 6.30. The summed E-state index contributed by atoms with van der Waals surface area (Å²) in [4.78, 5) is 0. The Labute approximate surface area is 216 Å². The first-order valence-electron chi connectivity index (χ1n) is 12.3. The molecule has 0 spiro atoms. The summed E-state index contributed by atoms with van der Waals surface area (Å²) in [6, 6.07) is 50.2. The monoisotopic (exact) mass is 478 g/mol. The molecular weight excluding hydrogens is 456 g/mol. The second kappa shape index (κ2) is 8.22. The molecule has 170 valence electrons. The third-order valence-electron chi connectivity index (χ3n) is 7.61. The van der Waals surface area contributed by atoms with Gasteiger partial charge in [-0.15, -0.1) is 0 Å². The van der Waals surface area contributed by atoms with E-state index in [0.717, 1.165) is 5.02 Å². The molecule has 7 rings (SSSR count). The van der Waals surface area contributed by atoms with Gasteiger partial charge in [0, 0.05) is 5.02 Å². The molecular formula is C35H23Cl. The van der Waals surface area contributed by atoms with E-state index in [0.29, 0.717) is 0 Å². The van der Waals surface area contributed by atoms with Crippen molar-refractivity contribution in [1.29, 1.82) is 0 Å². The second-order valence-corrected chi connectivity index (χ2v) is 9.90. The van der Waals surface area contributed by atoms with Crippen molar-refractivity contribution in [1.82, 2.24) is 0 Å². The number of hydrogen-bond acceptors (Lipinski definition) is 0. The number of fused-ring (bicyclic) bond motifs is 4. The third kappa shape index (κ3) is 3.02. The fourth-order valence-corrected chi connectivity index (χ4v) is 6.32. The molecule has 0 N–H and O–H groups in total. The second-order valence-electron chi connectivity index (χ2n) is 9.46. The van der Waals surface area contributed by atoms with Crippen LogP contribution in [0.5, 0.6) is 0 Å². The van der Waals surface area contributed by atoms with Crippen LogP contribution >= 0.6 is 11.6 Å². The minimum absolute atomic E-state index is 0.435. The summed E-state index contributed by atoms with van der Waals surface area (Å²) in [5.41, 5.74) is 9.63. The summed E-state index contributed by atoms with van der Waals surface area (Å²) < 4.78 is 0. The smallest absolute Gasteiger partial charge is 0.0714 e. The lowest BCUT2D eigenvalue weighted by Crippen LogP contribution is -2.28. The standard InChI is InChI=1S/C35H23Cl/c36-28-15-9-14-27(23-28)35(26-12-2-1-3-13-26)33-19-7-6-17-31(33)32-22-25(20-21-34(32)35)30-18-8-11-24-10-4-5-16-29(24)30/h1-23H. The van der Waals surface area contributed by atoms with E-state index in [-0.39, 0.29) is 0 Å². The highest BCUT2D eigenvalue weighted by atomic mass is 35.5. The van der Waals surface area contributed by atoms with Gasteiger partial charge in [0.25, 0.3) is 0 Å². The number of halogens is 1. The lowest BCUT2D eigenvalue weighted by molar-refractivity contribution is 0.768. The first-order valence-corrected chi connectivity index (χ1v) is 12.7. The summed E-state index contributed by atoms with van der Waals surface area (Å²) in [5, 5.41) is 3.28. The van der Waals surface area contributed by atoms with Gasteiger partial charge in [0.1, 0.15) is 0 Å². The molecule has 0 aliphatic heterocycles. The van der Waals surface area contributed by atoms with E-state index in [4.69, 9.17) is 11.6 Å². The Bertz CT molecular complexity index is 1740. The molecule has 0 bridgehead atoms. The van der Waals surface area contributed by atoms with Crippen molar-refractivity contribution < 1.29 is 0 Å². The van der Waals surface area contributed by atoms with Crippen LogP contribution in [0.3, 0.4) is 0 Å². The van der Waals surface area contributed by atoms with Crippen LogP contribution < -0.4 is 0 Å². The predicted molar refractivity (Wildman–Crippen MR) is 152 cm³/mol. The van der Waals surface area contributed by atoms with Gasteiger partial charge in [-0.1, -0.05) is 133 Å². The maximum atomic E-state index is 6.59. The molecule has 36 heavy (non-hydrogen) atoms. The summed E-state index contributed by atoms with van der Waals surface area (Å²) in [6.07, 6.45) is 0. The van der Waals surface area contributed by atoms with Gasteiger partial charge in [-0.05, 0) is 73.5 Å². The van der Waals surface area contributed by atoms with Crippen LogP contribution in [-0.2, 0) is 5.41 Å². The molecule has 1 atom stereocenters. The SMILES string of the molecule is Clc1cccc(C2(c3ccccc3)c3ccccc3-c3cc(-c4cccc5ccccc45)ccc32)c1. The Morgan fingerprint density at radius 1 is 0.444 bits per heavy atom. The van der Waals surface area contributed by atoms with Gasteiger partial charge < -0.3 is 0 Å². The minimum atomic E-state index is -0.435. The Kier molecular flexibility index (Phi) is 4.84. The van der Waals surface area contributed by atoms with E-state index in [1.54, 1.807) is 0 Å². The first-order chi connectivity index (χ1) is 17.8. The van der Waals surface area contributed by atoms with Gasteiger partial charge in [-0.25, -0.2) is 0 Å². The lowest BCUT2D eigenvalue weighted by Gasteiger charge is -2.34. The lowest BCUT2D eigenvalue weighted by atomic mass is 9.67. The van der Waals surface area contributed by atoms with Crippen molar-refractivity contribution in [2.75, 3.05) is 0 Å². The van der Waals surface area contributed by atoms with E-state index in [1.165, 1.54) is 55.3 Å². The molecule has 0 saturated carbocycles. The van der Waals surface area contributed by atoms with Gasteiger partial charge >= 0.3 is 0 Å². The molecule has 1 heteroatoms. The van der Waals surface area contributed by atoms with Gasteiger partial charge in [0.05, 0.1) is 5.41 Å².